The number of hydrogen-bond donors (Lipinski definition) is 2. The van der Waals surface area contributed by atoms with E-state index < -0.39 is 17.7 Å². The first-order chi connectivity index (χ1) is 15.2. The van der Waals surface area contributed by atoms with Crippen molar-refractivity contribution in [1.82, 2.24) is 20.2 Å². The molecule has 0 spiro atoms. The van der Waals surface area contributed by atoms with Crippen molar-refractivity contribution < 1.29 is 13.6 Å². The number of amides is 2. The largest absolute Gasteiger partial charge is 0.335 e. The maximum Gasteiger partial charge on any atom is 0.315 e. The van der Waals surface area contributed by atoms with Gasteiger partial charge in [-0.3, -0.25) is 0 Å². The molecule has 7 heteroatoms. The number of carbonyl (C=O) groups is 1. The van der Waals surface area contributed by atoms with Crippen molar-refractivity contribution >= 4 is 6.03 Å². The Morgan fingerprint density at radius 3 is 2.53 bits per heavy atom. The Labute approximate surface area is 186 Å². The quantitative estimate of drug-likeness (QED) is 0.540. The lowest BCUT2D eigenvalue weighted by atomic mass is 9.86. The summed E-state index contributed by atoms with van der Waals surface area (Å²) >= 11 is 0. The summed E-state index contributed by atoms with van der Waals surface area (Å²) in [6.07, 6.45) is 3.69. The zero-order valence-electron chi connectivity index (χ0n) is 18.5. The van der Waals surface area contributed by atoms with E-state index in [1.54, 1.807) is 6.20 Å². The molecule has 0 bridgehead atoms. The van der Waals surface area contributed by atoms with Crippen molar-refractivity contribution in [1.29, 1.82) is 0 Å². The fourth-order valence-electron chi connectivity index (χ4n) is 3.65. The summed E-state index contributed by atoms with van der Waals surface area (Å²) in [6.45, 7) is 6.52. The van der Waals surface area contributed by atoms with Crippen LogP contribution >= 0.6 is 0 Å². The average Bonchev–Trinajstić information content (AvgIpc) is 3.46. The zero-order chi connectivity index (χ0) is 22.9. The third kappa shape index (κ3) is 5.15. The van der Waals surface area contributed by atoms with Crippen LogP contribution < -0.4 is 10.6 Å². The first-order valence-electron chi connectivity index (χ1n) is 10.8. The Morgan fingerprint density at radius 2 is 1.88 bits per heavy atom. The van der Waals surface area contributed by atoms with Gasteiger partial charge in [0.1, 0.15) is 17.5 Å². The van der Waals surface area contributed by atoms with Gasteiger partial charge in [0.15, 0.2) is 0 Å². The molecule has 0 radical (unpaired) electrons. The molecule has 4 rings (SSSR count). The van der Waals surface area contributed by atoms with E-state index in [2.05, 4.69) is 10.6 Å². The lowest BCUT2D eigenvalue weighted by Gasteiger charge is -2.31. The number of carbonyl (C=O) groups excluding carboxylic acids is 1. The normalized spacial score (nSPS) is 14.8. The molecule has 2 N–H and O–H groups in total. The minimum Gasteiger partial charge on any atom is -0.335 e. The number of nitrogens with zero attached hydrogens (tertiary/aromatic N) is 2. The molecule has 5 nitrogen and oxygen atoms in total. The molecule has 0 unspecified atom stereocenters. The molecule has 1 fully saturated rings. The van der Waals surface area contributed by atoms with E-state index in [1.165, 1.54) is 0 Å². The molecular weight excluding hydrogens is 410 g/mol. The Hall–Kier alpha value is -3.22. The fraction of sp³-hybridized carbons (Fsp3) is 0.360. The van der Waals surface area contributed by atoms with Gasteiger partial charge in [0.05, 0.1) is 11.7 Å². The second-order valence-corrected chi connectivity index (χ2v) is 9.41. The van der Waals surface area contributed by atoms with Crippen LogP contribution in [0.1, 0.15) is 51.0 Å². The second-order valence-electron chi connectivity index (χ2n) is 9.41. The van der Waals surface area contributed by atoms with E-state index in [0.29, 0.717) is 18.1 Å². The number of urea groups is 1. The number of nitrogens with one attached hydrogen (secondary N) is 2. The Morgan fingerprint density at radius 1 is 1.16 bits per heavy atom. The standard InChI is InChI=1S/C25H28F2N4O/c1-25(2,3)22(30-24(32)28-18-10-11-18)23-29-21(19-13-17(26)9-12-20(19)27)15-31(23)14-16-7-5-4-6-8-16/h4-9,12-13,15,18,22H,10-11,14H2,1-3H3,(H2,28,30,32)/t22-/m0/s1. The highest BCUT2D eigenvalue weighted by Crippen LogP contribution is 2.35. The van der Waals surface area contributed by atoms with E-state index in [9.17, 15) is 13.6 Å². The molecule has 1 aliphatic rings. The first-order valence-corrected chi connectivity index (χ1v) is 10.8. The van der Waals surface area contributed by atoms with Gasteiger partial charge in [-0.15, -0.1) is 0 Å². The third-order valence-electron chi connectivity index (χ3n) is 5.52. The summed E-state index contributed by atoms with van der Waals surface area (Å²) < 4.78 is 30.3. The highest BCUT2D eigenvalue weighted by molar-refractivity contribution is 5.75. The molecule has 1 heterocycles. The maximum atomic E-state index is 14.5. The number of benzene rings is 2. The topological polar surface area (TPSA) is 59.0 Å². The molecule has 168 valence electrons. The minimum atomic E-state index is -0.547. The first kappa shape index (κ1) is 22.0. The van der Waals surface area contributed by atoms with E-state index >= 15 is 0 Å². The zero-order valence-corrected chi connectivity index (χ0v) is 18.5. The van der Waals surface area contributed by atoms with E-state index in [0.717, 1.165) is 36.6 Å². The van der Waals surface area contributed by atoms with Crippen molar-refractivity contribution in [3.63, 3.8) is 0 Å². The second kappa shape index (κ2) is 8.73. The van der Waals surface area contributed by atoms with Gasteiger partial charge < -0.3 is 15.2 Å². The number of halogens is 2. The molecule has 1 saturated carbocycles. The van der Waals surface area contributed by atoms with Crippen LogP contribution in [0.4, 0.5) is 13.6 Å². The number of hydrogen-bond acceptors (Lipinski definition) is 2. The van der Waals surface area contributed by atoms with Crippen LogP contribution in [-0.4, -0.2) is 21.6 Å². The van der Waals surface area contributed by atoms with Crippen molar-refractivity contribution in [2.45, 2.75) is 52.2 Å². The SMILES string of the molecule is CC(C)(C)[C@@H](NC(=O)NC1CC1)c1nc(-c2cc(F)ccc2F)cn1Cc1ccccc1. The van der Waals surface area contributed by atoms with Crippen LogP contribution in [0.25, 0.3) is 11.3 Å². The van der Waals surface area contributed by atoms with Crippen LogP contribution in [0, 0.1) is 17.0 Å². The number of imidazole rings is 1. The lowest BCUT2D eigenvalue weighted by molar-refractivity contribution is 0.213. The Kier molecular flexibility index (Phi) is 6.00. The number of aromatic nitrogens is 2. The predicted octanol–water partition coefficient (Wildman–Crippen LogP) is 5.43. The molecule has 32 heavy (non-hydrogen) atoms. The van der Waals surface area contributed by atoms with Gasteiger partial charge >= 0.3 is 6.03 Å². The molecule has 1 atom stereocenters. The predicted molar refractivity (Wildman–Crippen MR) is 120 cm³/mol. The molecule has 2 aromatic carbocycles. The lowest BCUT2D eigenvalue weighted by Crippen LogP contribution is -2.44. The van der Waals surface area contributed by atoms with Gasteiger partial charge in [0, 0.05) is 24.3 Å². The monoisotopic (exact) mass is 438 g/mol. The average molecular weight is 439 g/mol. The van der Waals surface area contributed by atoms with Gasteiger partial charge in [-0.1, -0.05) is 51.1 Å². The van der Waals surface area contributed by atoms with Crippen LogP contribution in [0.15, 0.2) is 54.7 Å². The summed E-state index contributed by atoms with van der Waals surface area (Å²) in [7, 11) is 0. The van der Waals surface area contributed by atoms with Crippen LogP contribution in [0.5, 0.6) is 0 Å². The highest BCUT2D eigenvalue weighted by atomic mass is 19.1. The van der Waals surface area contributed by atoms with Crippen molar-refractivity contribution in [2.24, 2.45) is 5.41 Å². The van der Waals surface area contributed by atoms with Gasteiger partial charge in [-0.05, 0) is 42.0 Å². The minimum absolute atomic E-state index is 0.0909. The molecule has 0 aliphatic heterocycles. The summed E-state index contributed by atoms with van der Waals surface area (Å²) in [4.78, 5) is 17.3. The van der Waals surface area contributed by atoms with Gasteiger partial charge in [-0.2, -0.15) is 0 Å². The molecule has 1 aliphatic carbocycles. The Bertz CT molecular complexity index is 1100. The molecular formula is C25H28F2N4O. The van der Waals surface area contributed by atoms with Crippen molar-refractivity contribution in [2.75, 3.05) is 0 Å². The van der Waals surface area contributed by atoms with E-state index in [1.807, 2.05) is 55.7 Å². The van der Waals surface area contributed by atoms with Crippen molar-refractivity contribution in [3.05, 3.63) is 77.8 Å². The molecule has 0 saturated heterocycles. The van der Waals surface area contributed by atoms with Gasteiger partial charge in [0.2, 0.25) is 0 Å². The third-order valence-corrected chi connectivity index (χ3v) is 5.52. The van der Waals surface area contributed by atoms with Crippen LogP contribution in [0.2, 0.25) is 0 Å². The Balaban J connectivity index is 1.76. The van der Waals surface area contributed by atoms with Crippen molar-refractivity contribution in [3.8, 4) is 11.3 Å². The van der Waals surface area contributed by atoms with Crippen LogP contribution in [0.3, 0.4) is 0 Å². The summed E-state index contributed by atoms with van der Waals surface area (Å²) in [5.41, 5.74) is 1.07. The van der Waals surface area contributed by atoms with E-state index in [-0.39, 0.29) is 23.1 Å². The molecule has 2 amide bonds. The summed E-state index contributed by atoms with van der Waals surface area (Å²) in [6, 6.07) is 12.7. The maximum absolute atomic E-state index is 14.5. The number of rotatable bonds is 6. The van der Waals surface area contributed by atoms with E-state index in [4.69, 9.17) is 4.98 Å². The van der Waals surface area contributed by atoms with Crippen LogP contribution in [-0.2, 0) is 6.54 Å². The summed E-state index contributed by atoms with van der Waals surface area (Å²) in [5, 5.41) is 6.01. The molecule has 3 aromatic rings. The van der Waals surface area contributed by atoms with Gasteiger partial charge in [0.25, 0.3) is 0 Å². The van der Waals surface area contributed by atoms with Gasteiger partial charge in [-0.25, -0.2) is 18.6 Å². The molecule has 1 aromatic heterocycles. The smallest absolute Gasteiger partial charge is 0.315 e. The highest BCUT2D eigenvalue weighted by Gasteiger charge is 2.34. The summed E-state index contributed by atoms with van der Waals surface area (Å²) in [5.74, 6) is -0.491. The fourth-order valence-corrected chi connectivity index (χ4v) is 3.65.